The van der Waals surface area contributed by atoms with Gasteiger partial charge in [0.05, 0.1) is 11.4 Å². The van der Waals surface area contributed by atoms with E-state index >= 15 is 0 Å². The standard InChI is InChI=1S/C20H20N2O3S2/c1-22(11-14-6-7-17-18(10-14)25-9-8-24-17)19(23)13-27-20-21-16-5-3-2-4-15(16)12-26-20/h2-7,10H,8-9,11-13H2,1H3. The number of amides is 1. The molecule has 0 N–H and O–H groups in total. The number of aliphatic imine (C=N–C) groups is 1. The Morgan fingerprint density at radius 3 is 2.89 bits per heavy atom. The number of rotatable bonds is 4. The lowest BCUT2D eigenvalue weighted by atomic mass is 10.2. The fourth-order valence-corrected chi connectivity index (χ4v) is 4.87. The average molecular weight is 401 g/mol. The first kappa shape index (κ1) is 18.3. The molecule has 27 heavy (non-hydrogen) atoms. The first-order valence-electron chi connectivity index (χ1n) is 8.74. The number of benzene rings is 2. The van der Waals surface area contributed by atoms with E-state index in [0.717, 1.165) is 32.9 Å². The van der Waals surface area contributed by atoms with Crippen LogP contribution in [0.2, 0.25) is 0 Å². The number of para-hydroxylation sites is 1. The van der Waals surface area contributed by atoms with Crippen LogP contribution in [0.5, 0.6) is 11.5 Å². The van der Waals surface area contributed by atoms with Crippen LogP contribution in [0.25, 0.3) is 0 Å². The SMILES string of the molecule is CN(Cc1ccc2c(c1)OCCO2)C(=O)CSC1=Nc2ccccc2CS1. The Morgan fingerprint density at radius 1 is 1.19 bits per heavy atom. The molecule has 0 aromatic heterocycles. The Labute approximate surface area is 167 Å². The van der Waals surface area contributed by atoms with E-state index in [2.05, 4.69) is 11.1 Å². The van der Waals surface area contributed by atoms with Gasteiger partial charge in [-0.3, -0.25) is 4.79 Å². The van der Waals surface area contributed by atoms with Crippen molar-refractivity contribution in [3.63, 3.8) is 0 Å². The van der Waals surface area contributed by atoms with Crippen molar-refractivity contribution in [2.24, 2.45) is 4.99 Å². The quantitative estimate of drug-likeness (QED) is 0.774. The molecule has 2 aliphatic heterocycles. The maximum Gasteiger partial charge on any atom is 0.233 e. The zero-order valence-corrected chi connectivity index (χ0v) is 16.6. The highest BCUT2D eigenvalue weighted by molar-refractivity contribution is 8.38. The van der Waals surface area contributed by atoms with Gasteiger partial charge in [0.2, 0.25) is 5.91 Å². The summed E-state index contributed by atoms with van der Waals surface area (Å²) in [4.78, 5) is 18.9. The van der Waals surface area contributed by atoms with Crippen molar-refractivity contribution in [1.29, 1.82) is 0 Å². The molecule has 1 amide bonds. The molecule has 5 nitrogen and oxygen atoms in total. The molecule has 2 aromatic carbocycles. The van der Waals surface area contributed by atoms with Gasteiger partial charge in [-0.2, -0.15) is 0 Å². The molecule has 0 saturated heterocycles. The Balaban J connectivity index is 1.33. The van der Waals surface area contributed by atoms with Gasteiger partial charge in [-0.1, -0.05) is 47.8 Å². The van der Waals surface area contributed by atoms with Crippen LogP contribution in [-0.4, -0.2) is 41.2 Å². The molecule has 2 aliphatic rings. The largest absolute Gasteiger partial charge is 0.486 e. The van der Waals surface area contributed by atoms with Gasteiger partial charge in [-0.05, 0) is 29.3 Å². The van der Waals surface area contributed by atoms with Crippen molar-refractivity contribution >= 4 is 39.5 Å². The lowest BCUT2D eigenvalue weighted by Crippen LogP contribution is -2.28. The maximum atomic E-state index is 12.5. The third-order valence-corrected chi connectivity index (χ3v) is 6.56. The zero-order chi connectivity index (χ0) is 18.6. The first-order chi connectivity index (χ1) is 13.2. The Hall–Kier alpha value is -2.12. The molecule has 0 spiro atoms. The van der Waals surface area contributed by atoms with Crippen LogP contribution in [0, 0.1) is 0 Å². The predicted octanol–water partition coefficient (Wildman–Crippen LogP) is 4.08. The number of hydrogen-bond donors (Lipinski definition) is 0. The summed E-state index contributed by atoms with van der Waals surface area (Å²) in [6.07, 6.45) is 0. The van der Waals surface area contributed by atoms with Crippen LogP contribution < -0.4 is 9.47 Å². The Bertz CT molecular complexity index is 885. The van der Waals surface area contributed by atoms with E-state index in [0.29, 0.717) is 25.5 Å². The summed E-state index contributed by atoms with van der Waals surface area (Å²) >= 11 is 3.20. The minimum Gasteiger partial charge on any atom is -0.486 e. The molecular formula is C20H20N2O3S2. The van der Waals surface area contributed by atoms with Crippen LogP contribution in [0.4, 0.5) is 5.69 Å². The van der Waals surface area contributed by atoms with E-state index in [-0.39, 0.29) is 5.91 Å². The number of carbonyl (C=O) groups excluding carboxylic acids is 1. The van der Waals surface area contributed by atoms with E-state index in [9.17, 15) is 4.79 Å². The van der Waals surface area contributed by atoms with Crippen LogP contribution in [0.1, 0.15) is 11.1 Å². The lowest BCUT2D eigenvalue weighted by Gasteiger charge is -2.21. The van der Waals surface area contributed by atoms with Crippen LogP contribution in [0.3, 0.4) is 0 Å². The fourth-order valence-electron chi connectivity index (χ4n) is 2.87. The minimum atomic E-state index is 0.0806. The number of nitrogens with zero attached hydrogens (tertiary/aromatic N) is 2. The smallest absolute Gasteiger partial charge is 0.233 e. The third kappa shape index (κ3) is 4.42. The van der Waals surface area contributed by atoms with Gasteiger partial charge in [0.15, 0.2) is 11.5 Å². The van der Waals surface area contributed by atoms with Crippen LogP contribution in [-0.2, 0) is 17.1 Å². The molecule has 0 fully saturated rings. The maximum absolute atomic E-state index is 12.5. The third-order valence-electron chi connectivity index (χ3n) is 4.33. The van der Waals surface area contributed by atoms with E-state index in [1.165, 1.54) is 17.3 Å². The predicted molar refractivity (Wildman–Crippen MR) is 111 cm³/mol. The minimum absolute atomic E-state index is 0.0806. The highest BCUT2D eigenvalue weighted by Crippen LogP contribution is 2.34. The summed E-state index contributed by atoms with van der Waals surface area (Å²) in [5.74, 6) is 2.89. The molecule has 0 radical (unpaired) electrons. The van der Waals surface area contributed by atoms with E-state index in [1.54, 1.807) is 16.7 Å². The zero-order valence-electron chi connectivity index (χ0n) is 15.0. The molecule has 0 unspecified atom stereocenters. The van der Waals surface area contributed by atoms with E-state index < -0.39 is 0 Å². The molecule has 0 atom stereocenters. The molecule has 2 aromatic rings. The molecule has 4 rings (SSSR count). The lowest BCUT2D eigenvalue weighted by molar-refractivity contribution is -0.127. The summed E-state index contributed by atoms with van der Waals surface area (Å²) < 4.78 is 12.1. The number of carbonyl (C=O) groups is 1. The van der Waals surface area contributed by atoms with Crippen molar-refractivity contribution in [2.75, 3.05) is 26.0 Å². The summed E-state index contributed by atoms with van der Waals surface area (Å²) in [5, 5.41) is 0. The van der Waals surface area contributed by atoms with Gasteiger partial charge >= 0.3 is 0 Å². The summed E-state index contributed by atoms with van der Waals surface area (Å²) in [6.45, 7) is 1.68. The van der Waals surface area contributed by atoms with Gasteiger partial charge in [0.1, 0.15) is 17.6 Å². The second-order valence-electron chi connectivity index (χ2n) is 6.31. The second kappa shape index (κ2) is 8.27. The molecule has 0 bridgehead atoms. The summed E-state index contributed by atoms with van der Waals surface area (Å²) in [5.41, 5.74) is 3.28. The van der Waals surface area contributed by atoms with Crippen molar-refractivity contribution in [1.82, 2.24) is 4.90 Å². The van der Waals surface area contributed by atoms with Crippen molar-refractivity contribution < 1.29 is 14.3 Å². The first-order valence-corrected chi connectivity index (χ1v) is 10.7. The molecule has 140 valence electrons. The van der Waals surface area contributed by atoms with Gasteiger partial charge in [-0.25, -0.2) is 4.99 Å². The van der Waals surface area contributed by atoms with Gasteiger partial charge in [0, 0.05) is 19.3 Å². The summed E-state index contributed by atoms with van der Waals surface area (Å²) in [7, 11) is 1.82. The van der Waals surface area contributed by atoms with Crippen LogP contribution in [0.15, 0.2) is 47.5 Å². The van der Waals surface area contributed by atoms with E-state index in [4.69, 9.17) is 9.47 Å². The van der Waals surface area contributed by atoms with Crippen molar-refractivity contribution in [3.05, 3.63) is 53.6 Å². The normalized spacial score (nSPS) is 14.9. The van der Waals surface area contributed by atoms with E-state index in [1.807, 2.05) is 43.4 Å². The number of fused-ring (bicyclic) bond motifs is 2. The number of hydrogen-bond acceptors (Lipinski definition) is 6. The topological polar surface area (TPSA) is 51.1 Å². The van der Waals surface area contributed by atoms with Gasteiger partial charge in [0.25, 0.3) is 0 Å². The monoisotopic (exact) mass is 400 g/mol. The fraction of sp³-hybridized carbons (Fsp3) is 0.300. The van der Waals surface area contributed by atoms with Crippen LogP contribution >= 0.6 is 23.5 Å². The Morgan fingerprint density at radius 2 is 2.00 bits per heavy atom. The molecule has 7 heteroatoms. The number of ether oxygens (including phenoxy) is 2. The molecule has 0 saturated carbocycles. The highest BCUT2D eigenvalue weighted by atomic mass is 32.2. The van der Waals surface area contributed by atoms with Crippen molar-refractivity contribution in [2.45, 2.75) is 12.3 Å². The molecular weight excluding hydrogens is 380 g/mol. The van der Waals surface area contributed by atoms with Gasteiger partial charge < -0.3 is 14.4 Å². The van der Waals surface area contributed by atoms with Crippen molar-refractivity contribution in [3.8, 4) is 11.5 Å². The summed E-state index contributed by atoms with van der Waals surface area (Å²) in [6, 6.07) is 14.0. The number of thioether (sulfide) groups is 2. The van der Waals surface area contributed by atoms with Gasteiger partial charge in [-0.15, -0.1) is 0 Å². The molecule has 2 heterocycles. The molecule has 0 aliphatic carbocycles. The average Bonchev–Trinajstić information content (AvgIpc) is 2.71. The highest BCUT2D eigenvalue weighted by Gasteiger charge is 2.17. The second-order valence-corrected chi connectivity index (χ2v) is 8.50. The Kier molecular flexibility index (Phi) is 5.59.